The third-order valence-electron chi connectivity index (χ3n) is 1.02. The lowest BCUT2D eigenvalue weighted by Crippen LogP contribution is -2.13. The zero-order valence-corrected chi connectivity index (χ0v) is 4.72. The Morgan fingerprint density at radius 3 is 2.56 bits per heavy atom. The van der Waals surface area contributed by atoms with Crippen LogP contribution in [0.4, 0.5) is 0 Å². The zero-order chi connectivity index (χ0) is 6.85. The van der Waals surface area contributed by atoms with Gasteiger partial charge in [0.1, 0.15) is 0 Å². The molecule has 1 aliphatic rings. The van der Waals surface area contributed by atoms with Crippen LogP contribution in [0.15, 0.2) is 23.9 Å². The van der Waals surface area contributed by atoms with Crippen LogP contribution < -0.4 is 5.73 Å². The van der Waals surface area contributed by atoms with Gasteiger partial charge < -0.3 is 5.73 Å². The monoisotopic (exact) mass is 122 g/mol. The van der Waals surface area contributed by atoms with Gasteiger partial charge >= 0.3 is 0 Å². The van der Waals surface area contributed by atoms with Gasteiger partial charge in [-0.2, -0.15) is 0 Å². The number of carbonyl (C=O) groups is 1. The average molecular weight is 122 g/mol. The van der Waals surface area contributed by atoms with Crippen LogP contribution in [0.2, 0.25) is 0 Å². The van der Waals surface area contributed by atoms with Gasteiger partial charge in [0.05, 0.1) is 11.4 Å². The minimum atomic E-state index is -0.150. The average Bonchev–Trinajstić information content (AvgIpc) is 1.80. The molecule has 9 heavy (non-hydrogen) atoms. The maximum Gasteiger partial charge on any atom is 0.180 e. The van der Waals surface area contributed by atoms with Gasteiger partial charge in [0.25, 0.3) is 0 Å². The van der Waals surface area contributed by atoms with E-state index in [4.69, 9.17) is 11.1 Å². The third-order valence-corrected chi connectivity index (χ3v) is 1.02. The molecule has 0 heterocycles. The van der Waals surface area contributed by atoms with Crippen molar-refractivity contribution >= 4 is 11.5 Å². The summed E-state index contributed by atoms with van der Waals surface area (Å²) in [6.07, 6.45) is 3.94. The first kappa shape index (κ1) is 5.75. The van der Waals surface area contributed by atoms with E-state index in [0.717, 1.165) is 0 Å². The summed E-state index contributed by atoms with van der Waals surface area (Å²) in [4.78, 5) is 10.5. The predicted octanol–water partition coefficient (Wildman–Crippen LogP) is -0.0123. The number of hydrogen-bond donors (Lipinski definition) is 2. The molecule has 0 radical (unpaired) electrons. The highest BCUT2D eigenvalue weighted by Gasteiger charge is 2.04. The van der Waals surface area contributed by atoms with E-state index in [1.807, 2.05) is 0 Å². The summed E-state index contributed by atoms with van der Waals surface area (Å²) in [7, 11) is 0. The lowest BCUT2D eigenvalue weighted by atomic mass is 10.1. The molecule has 0 aromatic rings. The predicted molar refractivity (Wildman–Crippen MR) is 34.1 cm³/mol. The number of rotatable bonds is 0. The van der Waals surface area contributed by atoms with Crippen LogP contribution in [0.3, 0.4) is 0 Å². The summed E-state index contributed by atoms with van der Waals surface area (Å²) in [6, 6.07) is 0. The van der Waals surface area contributed by atoms with Crippen LogP contribution in [0, 0.1) is 5.41 Å². The van der Waals surface area contributed by atoms with Crippen molar-refractivity contribution in [1.82, 2.24) is 0 Å². The molecular weight excluding hydrogens is 116 g/mol. The number of hydrogen-bond acceptors (Lipinski definition) is 3. The fourth-order valence-corrected chi connectivity index (χ4v) is 0.541. The normalized spacial score (nSPS) is 18.0. The minimum absolute atomic E-state index is 0.150. The molecule has 3 heteroatoms. The van der Waals surface area contributed by atoms with Crippen molar-refractivity contribution in [1.29, 1.82) is 5.41 Å². The van der Waals surface area contributed by atoms with Gasteiger partial charge in [-0.3, -0.25) is 10.2 Å². The molecule has 0 saturated carbocycles. The highest BCUT2D eigenvalue weighted by Crippen LogP contribution is 1.97. The molecule has 0 unspecified atom stereocenters. The van der Waals surface area contributed by atoms with Gasteiger partial charge in [-0.15, -0.1) is 0 Å². The maximum atomic E-state index is 10.5. The van der Waals surface area contributed by atoms with E-state index in [-0.39, 0.29) is 17.2 Å². The van der Waals surface area contributed by atoms with E-state index in [1.165, 1.54) is 18.2 Å². The molecule has 1 aliphatic carbocycles. The van der Waals surface area contributed by atoms with E-state index in [1.54, 1.807) is 0 Å². The Hall–Kier alpha value is -1.38. The van der Waals surface area contributed by atoms with Gasteiger partial charge in [0, 0.05) is 6.08 Å². The molecule has 0 aliphatic heterocycles. The highest BCUT2D eigenvalue weighted by atomic mass is 16.1. The quantitative estimate of drug-likeness (QED) is 0.443. The lowest BCUT2D eigenvalue weighted by molar-refractivity contribution is -0.110. The molecule has 46 valence electrons. The summed E-state index contributed by atoms with van der Waals surface area (Å²) >= 11 is 0. The first-order chi connectivity index (χ1) is 4.20. The summed E-state index contributed by atoms with van der Waals surface area (Å²) in [6.45, 7) is 0. The molecule has 0 bridgehead atoms. The van der Waals surface area contributed by atoms with E-state index < -0.39 is 0 Å². The first-order valence-corrected chi connectivity index (χ1v) is 2.48. The Balaban J connectivity index is 2.95. The molecule has 0 saturated heterocycles. The van der Waals surface area contributed by atoms with Crippen molar-refractivity contribution in [2.75, 3.05) is 0 Å². The van der Waals surface area contributed by atoms with Gasteiger partial charge in [0.2, 0.25) is 0 Å². The highest BCUT2D eigenvalue weighted by molar-refractivity contribution is 6.17. The topological polar surface area (TPSA) is 66.9 Å². The summed E-state index contributed by atoms with van der Waals surface area (Å²) in [5.41, 5.74) is 5.67. The largest absolute Gasteiger partial charge is 0.397 e. The minimum Gasteiger partial charge on any atom is -0.397 e. The summed E-state index contributed by atoms with van der Waals surface area (Å²) < 4.78 is 0. The summed E-state index contributed by atoms with van der Waals surface area (Å²) in [5.74, 6) is -0.150. The molecule has 3 nitrogen and oxygen atoms in total. The second kappa shape index (κ2) is 1.85. The number of nitrogens with one attached hydrogen (secondary N) is 1. The molecule has 3 N–H and O–H groups in total. The third kappa shape index (κ3) is 1.05. The Morgan fingerprint density at radius 2 is 2.11 bits per heavy atom. The van der Waals surface area contributed by atoms with Crippen molar-refractivity contribution in [2.45, 2.75) is 0 Å². The van der Waals surface area contributed by atoms with E-state index >= 15 is 0 Å². The number of nitrogens with two attached hydrogens (primary N) is 1. The van der Waals surface area contributed by atoms with Crippen LogP contribution in [0.1, 0.15) is 0 Å². The van der Waals surface area contributed by atoms with Crippen LogP contribution in [0.25, 0.3) is 0 Å². The van der Waals surface area contributed by atoms with Crippen molar-refractivity contribution in [3.05, 3.63) is 23.9 Å². The SMILES string of the molecule is N=C1C=CC(=O)C=C1N. The maximum absolute atomic E-state index is 10.5. The molecule has 0 aromatic carbocycles. The Morgan fingerprint density at radius 1 is 1.44 bits per heavy atom. The van der Waals surface area contributed by atoms with Gasteiger partial charge in [-0.1, -0.05) is 0 Å². The fourth-order valence-electron chi connectivity index (χ4n) is 0.541. The van der Waals surface area contributed by atoms with Crippen LogP contribution in [-0.4, -0.2) is 11.5 Å². The van der Waals surface area contributed by atoms with E-state index in [2.05, 4.69) is 0 Å². The van der Waals surface area contributed by atoms with Crippen LogP contribution in [0.5, 0.6) is 0 Å². The smallest absolute Gasteiger partial charge is 0.180 e. The molecule has 0 fully saturated rings. The van der Waals surface area contributed by atoms with E-state index in [0.29, 0.717) is 0 Å². The summed E-state index contributed by atoms with van der Waals surface area (Å²) in [5, 5.41) is 7.05. The standard InChI is InChI=1S/C6H6N2O/c7-5-2-1-4(9)3-6(5)8/h1-3,7H,8H2. The van der Waals surface area contributed by atoms with Crippen LogP contribution >= 0.6 is 0 Å². The second-order valence-corrected chi connectivity index (χ2v) is 1.75. The van der Waals surface area contributed by atoms with Crippen molar-refractivity contribution in [3.8, 4) is 0 Å². The molecular formula is C6H6N2O. The number of allylic oxidation sites excluding steroid dienone is 3. The Labute approximate surface area is 52.4 Å². The fraction of sp³-hybridized carbons (Fsp3) is 0. The zero-order valence-electron chi connectivity index (χ0n) is 4.72. The van der Waals surface area contributed by atoms with Gasteiger partial charge in [-0.05, 0) is 12.2 Å². The molecule has 0 aromatic heterocycles. The molecule has 0 spiro atoms. The van der Waals surface area contributed by atoms with Crippen molar-refractivity contribution < 1.29 is 4.79 Å². The molecule has 1 rings (SSSR count). The Bertz CT molecular complexity index is 225. The Kier molecular flexibility index (Phi) is 1.18. The van der Waals surface area contributed by atoms with Gasteiger partial charge in [0.15, 0.2) is 5.78 Å². The van der Waals surface area contributed by atoms with Gasteiger partial charge in [-0.25, -0.2) is 0 Å². The molecule has 0 amide bonds. The molecule has 0 atom stereocenters. The van der Waals surface area contributed by atoms with Crippen molar-refractivity contribution in [2.24, 2.45) is 5.73 Å². The number of ketones is 1. The second-order valence-electron chi connectivity index (χ2n) is 1.75. The van der Waals surface area contributed by atoms with E-state index in [9.17, 15) is 4.79 Å². The van der Waals surface area contributed by atoms with Crippen molar-refractivity contribution in [3.63, 3.8) is 0 Å². The number of carbonyl (C=O) groups excluding carboxylic acids is 1. The van der Waals surface area contributed by atoms with Crippen LogP contribution in [-0.2, 0) is 4.79 Å². The lowest BCUT2D eigenvalue weighted by Gasteiger charge is -2.00. The first-order valence-electron chi connectivity index (χ1n) is 2.48.